The fourth-order valence-corrected chi connectivity index (χ4v) is 4.76. The van der Waals surface area contributed by atoms with Gasteiger partial charge in [-0.1, -0.05) is 64.8 Å². The van der Waals surface area contributed by atoms with E-state index >= 15 is 0 Å². The predicted octanol–water partition coefficient (Wildman–Crippen LogP) is 8.03. The minimum atomic E-state index is -0.254. The molecule has 0 aliphatic rings. The highest BCUT2D eigenvalue weighted by atomic mass is 79.9. The van der Waals surface area contributed by atoms with Crippen LogP contribution in [0.2, 0.25) is 5.02 Å². The molecule has 1 N–H and O–H groups in total. The van der Waals surface area contributed by atoms with Crippen molar-refractivity contribution < 1.29 is 14.3 Å². The Balaban J connectivity index is 1.41. The number of thiazole rings is 1. The van der Waals surface area contributed by atoms with Crippen LogP contribution in [0, 0.1) is 0 Å². The monoisotopic (exact) mass is 582 g/mol. The van der Waals surface area contributed by atoms with Crippen LogP contribution in [0.25, 0.3) is 17.3 Å². The van der Waals surface area contributed by atoms with E-state index in [1.165, 1.54) is 17.4 Å². The van der Waals surface area contributed by atoms with Crippen LogP contribution in [0.3, 0.4) is 0 Å². The Kier molecular flexibility index (Phi) is 8.80. The summed E-state index contributed by atoms with van der Waals surface area (Å²) in [4.78, 5) is 18.4. The van der Waals surface area contributed by atoms with Gasteiger partial charge in [0.1, 0.15) is 6.61 Å². The van der Waals surface area contributed by atoms with Crippen LogP contribution in [0.4, 0.5) is 5.13 Å². The van der Waals surface area contributed by atoms with E-state index in [0.29, 0.717) is 28.3 Å². The summed E-state index contributed by atoms with van der Waals surface area (Å²) in [5, 5.41) is 4.13. The molecule has 0 unspecified atom stereocenters. The number of amides is 1. The van der Waals surface area contributed by atoms with E-state index in [0.717, 1.165) is 38.2 Å². The van der Waals surface area contributed by atoms with Crippen LogP contribution >= 0.6 is 38.9 Å². The highest BCUT2D eigenvalue weighted by molar-refractivity contribution is 9.10. The minimum Gasteiger partial charge on any atom is -0.493 e. The number of hydrogen-bond acceptors (Lipinski definition) is 5. The predicted molar refractivity (Wildman–Crippen MR) is 151 cm³/mol. The van der Waals surface area contributed by atoms with Crippen molar-refractivity contribution >= 4 is 56.0 Å². The number of carbonyl (C=O) groups is 1. The van der Waals surface area contributed by atoms with Crippen molar-refractivity contribution in [2.24, 2.45) is 0 Å². The maximum Gasteiger partial charge on any atom is 0.250 e. The van der Waals surface area contributed by atoms with Gasteiger partial charge in [-0.3, -0.25) is 10.1 Å². The molecule has 36 heavy (non-hydrogen) atoms. The molecular weight excluding hydrogens is 560 g/mol. The van der Waals surface area contributed by atoms with Crippen molar-refractivity contribution in [3.05, 3.63) is 98.3 Å². The molecule has 1 aromatic heterocycles. The van der Waals surface area contributed by atoms with E-state index in [-0.39, 0.29) is 5.91 Å². The zero-order valence-corrected chi connectivity index (χ0v) is 22.9. The zero-order valence-electron chi connectivity index (χ0n) is 19.8. The van der Waals surface area contributed by atoms with Crippen LogP contribution in [0.15, 0.2) is 77.3 Å². The Morgan fingerprint density at radius 3 is 2.53 bits per heavy atom. The van der Waals surface area contributed by atoms with E-state index in [1.807, 2.05) is 66.7 Å². The van der Waals surface area contributed by atoms with Crippen molar-refractivity contribution in [2.75, 3.05) is 12.4 Å². The Hall–Kier alpha value is -3.13. The molecular formula is C28H24BrClN2O3S. The van der Waals surface area contributed by atoms with Gasteiger partial charge in [-0.05, 0) is 60.0 Å². The topological polar surface area (TPSA) is 60.5 Å². The second-order valence-electron chi connectivity index (χ2n) is 7.80. The SMILES string of the molecule is CCc1sc(NC(=O)/C=C/c2ccc(OCc3ccc(Cl)cc3)c(OC)c2)nc1-c1ccc(Br)cc1. The molecule has 184 valence electrons. The fourth-order valence-electron chi connectivity index (χ4n) is 3.45. The maximum absolute atomic E-state index is 12.6. The van der Waals surface area contributed by atoms with Gasteiger partial charge in [0.05, 0.1) is 12.8 Å². The molecule has 0 aliphatic carbocycles. The van der Waals surface area contributed by atoms with Gasteiger partial charge in [0.2, 0.25) is 5.91 Å². The lowest BCUT2D eigenvalue weighted by Crippen LogP contribution is -2.07. The van der Waals surface area contributed by atoms with Crippen LogP contribution < -0.4 is 14.8 Å². The number of carbonyl (C=O) groups excluding carboxylic acids is 1. The van der Waals surface area contributed by atoms with Gasteiger partial charge in [0.25, 0.3) is 0 Å². The molecule has 0 saturated carbocycles. The number of methoxy groups -OCH3 is 1. The van der Waals surface area contributed by atoms with Gasteiger partial charge < -0.3 is 9.47 Å². The molecule has 3 aromatic carbocycles. The largest absolute Gasteiger partial charge is 0.493 e. The highest BCUT2D eigenvalue weighted by Gasteiger charge is 2.13. The van der Waals surface area contributed by atoms with Crippen molar-refractivity contribution in [1.29, 1.82) is 0 Å². The summed E-state index contributed by atoms with van der Waals surface area (Å²) < 4.78 is 12.4. The first-order chi connectivity index (χ1) is 17.4. The zero-order chi connectivity index (χ0) is 25.5. The third kappa shape index (κ3) is 6.75. The number of rotatable bonds is 9. The molecule has 0 bridgehead atoms. The number of anilines is 1. The molecule has 0 saturated heterocycles. The summed E-state index contributed by atoms with van der Waals surface area (Å²) in [7, 11) is 1.58. The van der Waals surface area contributed by atoms with Gasteiger partial charge >= 0.3 is 0 Å². The normalized spacial score (nSPS) is 11.0. The van der Waals surface area contributed by atoms with Crippen LogP contribution in [0.5, 0.6) is 11.5 Å². The highest BCUT2D eigenvalue weighted by Crippen LogP contribution is 2.33. The average molecular weight is 584 g/mol. The van der Waals surface area contributed by atoms with E-state index in [2.05, 4.69) is 33.2 Å². The van der Waals surface area contributed by atoms with Crippen molar-refractivity contribution in [2.45, 2.75) is 20.0 Å². The van der Waals surface area contributed by atoms with Crippen molar-refractivity contribution in [3.63, 3.8) is 0 Å². The van der Waals surface area contributed by atoms with E-state index in [1.54, 1.807) is 13.2 Å². The summed E-state index contributed by atoms with van der Waals surface area (Å²) >= 11 is 10.9. The summed E-state index contributed by atoms with van der Waals surface area (Å²) in [5.41, 5.74) is 3.73. The van der Waals surface area contributed by atoms with Gasteiger partial charge in [-0.2, -0.15) is 0 Å². The number of benzene rings is 3. The first-order valence-corrected chi connectivity index (χ1v) is 13.2. The average Bonchev–Trinajstić information content (AvgIpc) is 3.30. The number of hydrogen-bond donors (Lipinski definition) is 1. The minimum absolute atomic E-state index is 0.254. The standard InChI is InChI=1S/C28H24BrClN2O3S/c1-3-25-27(20-8-10-21(29)11-9-20)32-28(36-25)31-26(33)15-7-18-6-14-23(24(16-18)34-2)35-17-19-4-12-22(30)13-5-19/h4-16H,3,17H2,1-2H3,(H,31,32,33)/b15-7+. The van der Waals surface area contributed by atoms with E-state index in [4.69, 9.17) is 21.1 Å². The Morgan fingerprint density at radius 2 is 1.83 bits per heavy atom. The molecule has 0 spiro atoms. The molecule has 0 fully saturated rings. The van der Waals surface area contributed by atoms with E-state index in [9.17, 15) is 4.79 Å². The number of ether oxygens (including phenoxy) is 2. The lowest BCUT2D eigenvalue weighted by atomic mass is 10.1. The van der Waals surface area contributed by atoms with E-state index < -0.39 is 0 Å². The quantitative estimate of drug-likeness (QED) is 0.203. The molecule has 4 aromatic rings. The number of nitrogens with zero attached hydrogens (tertiary/aromatic N) is 1. The Morgan fingerprint density at radius 1 is 1.08 bits per heavy atom. The molecule has 0 atom stereocenters. The first-order valence-electron chi connectivity index (χ1n) is 11.2. The molecule has 4 rings (SSSR count). The maximum atomic E-state index is 12.6. The Bertz CT molecular complexity index is 1370. The summed E-state index contributed by atoms with van der Waals surface area (Å²) in [5.74, 6) is 0.943. The summed E-state index contributed by atoms with van der Waals surface area (Å²) in [6, 6.07) is 21.0. The number of halogens is 2. The third-order valence-corrected chi connectivity index (χ3v) is 7.18. The second kappa shape index (κ2) is 12.2. The van der Waals surface area contributed by atoms with Crippen molar-refractivity contribution in [3.8, 4) is 22.8 Å². The second-order valence-corrected chi connectivity index (χ2v) is 10.2. The number of aromatic nitrogens is 1. The van der Waals surface area contributed by atoms with Gasteiger partial charge in [0.15, 0.2) is 16.6 Å². The first kappa shape index (κ1) is 25.9. The summed E-state index contributed by atoms with van der Waals surface area (Å²) in [6.07, 6.45) is 4.04. The lowest BCUT2D eigenvalue weighted by molar-refractivity contribution is -0.111. The molecule has 1 amide bonds. The third-order valence-electron chi connectivity index (χ3n) is 5.29. The fraction of sp³-hybridized carbons (Fsp3) is 0.143. The summed E-state index contributed by atoms with van der Waals surface area (Å²) in [6.45, 7) is 2.47. The Labute approximate surface area is 227 Å². The molecule has 5 nitrogen and oxygen atoms in total. The molecule has 0 aliphatic heterocycles. The molecule has 8 heteroatoms. The molecule has 1 heterocycles. The van der Waals surface area contributed by atoms with Gasteiger partial charge in [-0.15, -0.1) is 11.3 Å². The number of nitrogens with one attached hydrogen (secondary N) is 1. The molecule has 0 radical (unpaired) electrons. The van der Waals surface area contributed by atoms with Crippen LogP contribution in [-0.2, 0) is 17.8 Å². The smallest absolute Gasteiger partial charge is 0.250 e. The van der Waals surface area contributed by atoms with Crippen molar-refractivity contribution in [1.82, 2.24) is 4.98 Å². The lowest BCUT2D eigenvalue weighted by Gasteiger charge is -2.11. The van der Waals surface area contributed by atoms with Gasteiger partial charge in [-0.25, -0.2) is 4.98 Å². The number of aryl methyl sites for hydroxylation is 1. The van der Waals surface area contributed by atoms with Gasteiger partial charge in [0, 0.05) is 26.0 Å². The van der Waals surface area contributed by atoms with Crippen LogP contribution in [-0.4, -0.2) is 18.0 Å². The van der Waals surface area contributed by atoms with Crippen LogP contribution in [0.1, 0.15) is 22.9 Å².